The van der Waals surface area contributed by atoms with Crippen molar-refractivity contribution in [3.8, 4) is 0 Å². The zero-order valence-corrected chi connectivity index (χ0v) is 10.4. The van der Waals surface area contributed by atoms with Crippen LogP contribution in [-0.4, -0.2) is 34.2 Å². The van der Waals surface area contributed by atoms with Crippen molar-refractivity contribution >= 4 is 10.2 Å². The maximum absolute atomic E-state index is 11.8. The van der Waals surface area contributed by atoms with Crippen LogP contribution in [0.5, 0.6) is 0 Å². The predicted molar refractivity (Wildman–Crippen MR) is 58.4 cm³/mol. The normalized spacial score (nSPS) is 14.9. The van der Waals surface area contributed by atoms with E-state index in [4.69, 9.17) is 5.73 Å². The highest BCUT2D eigenvalue weighted by Gasteiger charge is 2.29. The molecule has 1 unspecified atom stereocenters. The monoisotopic (exact) mass is 277 g/mol. The van der Waals surface area contributed by atoms with Gasteiger partial charge in [-0.1, -0.05) is 13.3 Å². The number of alkyl halides is 3. The molecule has 0 saturated heterocycles. The highest BCUT2D eigenvalue weighted by Crippen LogP contribution is 2.12. The van der Waals surface area contributed by atoms with Crippen LogP contribution < -0.4 is 15.2 Å². The average Bonchev–Trinajstić information content (AvgIpc) is 2.21. The summed E-state index contributed by atoms with van der Waals surface area (Å²) in [5.41, 5.74) is 5.32. The molecule has 0 aromatic heterocycles. The van der Waals surface area contributed by atoms with Gasteiger partial charge in [0, 0.05) is 6.54 Å². The van der Waals surface area contributed by atoms with Gasteiger partial charge in [0.2, 0.25) is 0 Å². The van der Waals surface area contributed by atoms with E-state index in [9.17, 15) is 21.6 Å². The molecule has 0 bridgehead atoms. The Morgan fingerprint density at radius 3 is 2.29 bits per heavy atom. The van der Waals surface area contributed by atoms with Gasteiger partial charge in [0.05, 0.1) is 0 Å². The molecule has 0 spiro atoms. The second-order valence-corrected chi connectivity index (χ2v) is 5.22. The molecule has 4 N–H and O–H groups in total. The largest absolute Gasteiger partial charge is 0.402 e. The van der Waals surface area contributed by atoms with Crippen molar-refractivity contribution in [1.82, 2.24) is 9.44 Å². The summed E-state index contributed by atoms with van der Waals surface area (Å²) in [6.07, 6.45) is -3.23. The van der Waals surface area contributed by atoms with Gasteiger partial charge >= 0.3 is 6.18 Å². The minimum Gasteiger partial charge on any atom is -0.330 e. The van der Waals surface area contributed by atoms with E-state index >= 15 is 0 Å². The summed E-state index contributed by atoms with van der Waals surface area (Å²) in [5.74, 6) is 0.0301. The molecule has 104 valence electrons. The second kappa shape index (κ2) is 7.14. The maximum atomic E-state index is 11.8. The Bertz CT molecular complexity index is 306. The Balaban J connectivity index is 4.09. The van der Waals surface area contributed by atoms with Gasteiger partial charge in [-0.05, 0) is 18.9 Å². The van der Waals surface area contributed by atoms with Gasteiger partial charge in [0.15, 0.2) is 0 Å². The highest BCUT2D eigenvalue weighted by atomic mass is 32.2. The molecule has 0 aliphatic heterocycles. The summed E-state index contributed by atoms with van der Waals surface area (Å²) in [4.78, 5) is 0. The van der Waals surface area contributed by atoms with Crippen LogP contribution in [-0.2, 0) is 10.2 Å². The van der Waals surface area contributed by atoms with Crippen LogP contribution in [0, 0.1) is 5.92 Å². The third-order valence-corrected chi connectivity index (χ3v) is 3.25. The van der Waals surface area contributed by atoms with Gasteiger partial charge in [-0.15, -0.1) is 0 Å². The van der Waals surface area contributed by atoms with Crippen LogP contribution in [0.3, 0.4) is 0 Å². The van der Waals surface area contributed by atoms with E-state index in [2.05, 4.69) is 4.72 Å². The first-order chi connectivity index (χ1) is 7.70. The van der Waals surface area contributed by atoms with Gasteiger partial charge in [0.25, 0.3) is 10.2 Å². The third kappa shape index (κ3) is 9.33. The SMILES string of the molecule is CCC(CCN)CNS(=O)(=O)NCC(F)(F)F. The summed E-state index contributed by atoms with van der Waals surface area (Å²) < 4.78 is 61.2. The molecule has 0 saturated carbocycles. The van der Waals surface area contributed by atoms with Crippen LogP contribution in [0.1, 0.15) is 19.8 Å². The van der Waals surface area contributed by atoms with Crippen molar-refractivity contribution in [2.24, 2.45) is 11.7 Å². The van der Waals surface area contributed by atoms with Crippen LogP contribution in [0.15, 0.2) is 0 Å². The van der Waals surface area contributed by atoms with Crippen molar-refractivity contribution in [1.29, 1.82) is 0 Å². The molecule has 0 aromatic carbocycles. The Hall–Kier alpha value is -0.380. The van der Waals surface area contributed by atoms with Crippen LogP contribution in [0.2, 0.25) is 0 Å². The molecular weight excluding hydrogens is 259 g/mol. The van der Waals surface area contributed by atoms with Crippen molar-refractivity contribution in [3.05, 3.63) is 0 Å². The Labute approximate surface area is 99.1 Å². The molecule has 0 heterocycles. The number of hydrogen-bond acceptors (Lipinski definition) is 3. The summed E-state index contributed by atoms with van der Waals surface area (Å²) in [6, 6.07) is 0. The lowest BCUT2D eigenvalue weighted by Gasteiger charge is -2.15. The fourth-order valence-electron chi connectivity index (χ4n) is 1.14. The summed E-state index contributed by atoms with van der Waals surface area (Å²) >= 11 is 0. The van der Waals surface area contributed by atoms with Crippen LogP contribution in [0.4, 0.5) is 13.2 Å². The van der Waals surface area contributed by atoms with E-state index in [1.807, 2.05) is 6.92 Å². The zero-order valence-electron chi connectivity index (χ0n) is 9.55. The first kappa shape index (κ1) is 16.6. The lowest BCUT2D eigenvalue weighted by atomic mass is 10.0. The second-order valence-electron chi connectivity index (χ2n) is 3.64. The van der Waals surface area contributed by atoms with E-state index < -0.39 is 22.9 Å². The molecule has 0 radical (unpaired) electrons. The quantitative estimate of drug-likeness (QED) is 0.598. The number of rotatable bonds is 8. The first-order valence-electron chi connectivity index (χ1n) is 5.21. The van der Waals surface area contributed by atoms with Crippen molar-refractivity contribution in [2.45, 2.75) is 25.9 Å². The Kier molecular flexibility index (Phi) is 6.98. The minimum atomic E-state index is -4.56. The number of nitrogens with two attached hydrogens (primary N) is 1. The first-order valence-corrected chi connectivity index (χ1v) is 6.69. The third-order valence-electron chi connectivity index (χ3n) is 2.18. The molecule has 0 aromatic rings. The maximum Gasteiger partial charge on any atom is 0.402 e. The average molecular weight is 277 g/mol. The van der Waals surface area contributed by atoms with E-state index in [0.29, 0.717) is 19.4 Å². The van der Waals surface area contributed by atoms with Gasteiger partial charge in [0.1, 0.15) is 6.54 Å². The van der Waals surface area contributed by atoms with Gasteiger partial charge < -0.3 is 5.73 Å². The smallest absolute Gasteiger partial charge is 0.330 e. The van der Waals surface area contributed by atoms with Gasteiger partial charge in [-0.2, -0.15) is 26.3 Å². The molecule has 9 heteroatoms. The van der Waals surface area contributed by atoms with Crippen molar-refractivity contribution in [2.75, 3.05) is 19.6 Å². The standard InChI is InChI=1S/C8H18F3N3O2S/c1-2-7(3-4-12)5-13-17(15,16)14-6-8(9,10)11/h7,13-14H,2-6,12H2,1H3. The molecule has 0 aliphatic carbocycles. The summed E-state index contributed by atoms with van der Waals surface area (Å²) in [6.45, 7) is 0.783. The molecule has 0 rings (SSSR count). The topological polar surface area (TPSA) is 84.2 Å². The van der Waals surface area contributed by atoms with E-state index in [0.717, 1.165) is 0 Å². The number of nitrogens with one attached hydrogen (secondary N) is 2. The van der Waals surface area contributed by atoms with E-state index in [-0.39, 0.29) is 12.5 Å². The van der Waals surface area contributed by atoms with Crippen LogP contribution in [0.25, 0.3) is 0 Å². The highest BCUT2D eigenvalue weighted by molar-refractivity contribution is 7.87. The van der Waals surface area contributed by atoms with E-state index in [1.54, 1.807) is 0 Å². The Morgan fingerprint density at radius 1 is 1.29 bits per heavy atom. The molecule has 17 heavy (non-hydrogen) atoms. The lowest BCUT2D eigenvalue weighted by molar-refractivity contribution is -0.121. The zero-order chi connectivity index (χ0) is 13.5. The molecule has 0 fully saturated rings. The number of halogens is 3. The van der Waals surface area contributed by atoms with Crippen LogP contribution >= 0.6 is 0 Å². The fraction of sp³-hybridized carbons (Fsp3) is 1.00. The summed E-state index contributed by atoms with van der Waals surface area (Å²) in [7, 11) is -4.10. The fourth-order valence-corrected chi connectivity index (χ4v) is 2.05. The Morgan fingerprint density at radius 2 is 1.88 bits per heavy atom. The minimum absolute atomic E-state index is 0.0301. The van der Waals surface area contributed by atoms with Gasteiger partial charge in [-0.25, -0.2) is 4.72 Å². The number of hydrogen-bond donors (Lipinski definition) is 3. The van der Waals surface area contributed by atoms with Crippen molar-refractivity contribution in [3.63, 3.8) is 0 Å². The summed E-state index contributed by atoms with van der Waals surface area (Å²) in [5, 5.41) is 0. The molecular formula is C8H18F3N3O2S. The molecule has 0 amide bonds. The lowest BCUT2D eigenvalue weighted by Crippen LogP contribution is -2.43. The van der Waals surface area contributed by atoms with Gasteiger partial charge in [-0.3, -0.25) is 0 Å². The predicted octanol–water partition coefficient (Wildman–Crippen LogP) is 0.348. The molecule has 0 aliphatic rings. The van der Waals surface area contributed by atoms with Crippen molar-refractivity contribution < 1.29 is 21.6 Å². The van der Waals surface area contributed by atoms with E-state index in [1.165, 1.54) is 4.72 Å². The molecule has 5 nitrogen and oxygen atoms in total. The molecule has 1 atom stereocenters.